The largest absolute Gasteiger partial charge is 0.314 e. The first-order valence-corrected chi connectivity index (χ1v) is 8.46. The second kappa shape index (κ2) is 8.99. The lowest BCUT2D eigenvalue weighted by Gasteiger charge is -2.17. The standard InChI is InChI=1S/C12H27NO2S/c1-4-6-7-8-12(13-10-5-2)9-11-16(3,14)15/h12-13H,4-11H2,1-3H3. The Kier molecular flexibility index (Phi) is 8.94. The molecule has 0 bridgehead atoms. The Morgan fingerprint density at radius 2 is 1.75 bits per heavy atom. The van der Waals surface area contributed by atoms with Crippen molar-refractivity contribution in [2.75, 3.05) is 18.6 Å². The summed E-state index contributed by atoms with van der Waals surface area (Å²) < 4.78 is 22.2. The molecule has 0 spiro atoms. The van der Waals surface area contributed by atoms with Crippen LogP contribution in [-0.2, 0) is 9.84 Å². The topological polar surface area (TPSA) is 46.2 Å². The average molecular weight is 249 g/mol. The third kappa shape index (κ3) is 10.4. The average Bonchev–Trinajstić information content (AvgIpc) is 2.20. The first-order chi connectivity index (χ1) is 7.49. The third-order valence-corrected chi connectivity index (χ3v) is 3.65. The molecule has 0 aromatic heterocycles. The minimum atomic E-state index is -2.81. The fourth-order valence-electron chi connectivity index (χ4n) is 1.69. The van der Waals surface area contributed by atoms with Crippen LogP contribution in [0, 0.1) is 0 Å². The highest BCUT2D eigenvalue weighted by Gasteiger charge is 2.11. The predicted molar refractivity (Wildman–Crippen MR) is 70.6 cm³/mol. The summed E-state index contributed by atoms with van der Waals surface area (Å²) in [5, 5.41) is 3.44. The van der Waals surface area contributed by atoms with Gasteiger partial charge in [0.1, 0.15) is 9.84 Å². The van der Waals surface area contributed by atoms with Crippen molar-refractivity contribution in [1.29, 1.82) is 0 Å². The van der Waals surface area contributed by atoms with E-state index in [4.69, 9.17) is 0 Å². The van der Waals surface area contributed by atoms with E-state index in [9.17, 15) is 8.42 Å². The van der Waals surface area contributed by atoms with Crippen molar-refractivity contribution < 1.29 is 8.42 Å². The van der Waals surface area contributed by atoms with Crippen molar-refractivity contribution in [2.45, 2.75) is 58.4 Å². The van der Waals surface area contributed by atoms with Crippen LogP contribution in [0.2, 0.25) is 0 Å². The first-order valence-electron chi connectivity index (χ1n) is 6.40. The highest BCUT2D eigenvalue weighted by molar-refractivity contribution is 7.90. The fourth-order valence-corrected chi connectivity index (χ4v) is 2.41. The van der Waals surface area contributed by atoms with Crippen LogP contribution in [0.15, 0.2) is 0 Å². The Hall–Kier alpha value is -0.0900. The van der Waals surface area contributed by atoms with Gasteiger partial charge < -0.3 is 5.32 Å². The second-order valence-electron chi connectivity index (χ2n) is 4.57. The van der Waals surface area contributed by atoms with Crippen LogP contribution in [0.1, 0.15) is 52.4 Å². The second-order valence-corrected chi connectivity index (χ2v) is 6.83. The first kappa shape index (κ1) is 15.9. The molecule has 0 aromatic rings. The quantitative estimate of drug-likeness (QED) is 0.605. The van der Waals surface area contributed by atoms with Crippen molar-refractivity contribution in [2.24, 2.45) is 0 Å². The van der Waals surface area contributed by atoms with Crippen molar-refractivity contribution in [3.05, 3.63) is 0 Å². The van der Waals surface area contributed by atoms with Gasteiger partial charge in [0.2, 0.25) is 0 Å². The molecule has 98 valence electrons. The van der Waals surface area contributed by atoms with Gasteiger partial charge in [-0.1, -0.05) is 33.1 Å². The maximum atomic E-state index is 11.1. The molecule has 1 unspecified atom stereocenters. The molecule has 16 heavy (non-hydrogen) atoms. The van der Waals surface area contributed by atoms with Crippen LogP contribution in [0.5, 0.6) is 0 Å². The number of nitrogens with one attached hydrogen (secondary N) is 1. The molecule has 0 heterocycles. The van der Waals surface area contributed by atoms with Gasteiger partial charge in [-0.05, 0) is 25.8 Å². The summed E-state index contributed by atoms with van der Waals surface area (Å²) in [4.78, 5) is 0. The molecular formula is C12H27NO2S. The molecule has 1 N–H and O–H groups in total. The van der Waals surface area contributed by atoms with Gasteiger partial charge in [0.15, 0.2) is 0 Å². The lowest BCUT2D eigenvalue weighted by atomic mass is 10.1. The number of hydrogen-bond donors (Lipinski definition) is 1. The van der Waals surface area contributed by atoms with Crippen molar-refractivity contribution in [3.8, 4) is 0 Å². The van der Waals surface area contributed by atoms with Gasteiger partial charge >= 0.3 is 0 Å². The lowest BCUT2D eigenvalue weighted by Crippen LogP contribution is -2.31. The van der Waals surface area contributed by atoms with Crippen LogP contribution in [0.4, 0.5) is 0 Å². The molecule has 0 aromatic carbocycles. The molecule has 0 rings (SSSR count). The molecule has 3 nitrogen and oxygen atoms in total. The molecule has 0 saturated carbocycles. The van der Waals surface area contributed by atoms with Gasteiger partial charge in [-0.2, -0.15) is 0 Å². The fraction of sp³-hybridized carbons (Fsp3) is 1.00. The molecule has 1 atom stereocenters. The van der Waals surface area contributed by atoms with E-state index in [0.717, 1.165) is 25.8 Å². The molecule has 0 fully saturated rings. The Morgan fingerprint density at radius 3 is 2.25 bits per heavy atom. The van der Waals surface area contributed by atoms with Crippen LogP contribution >= 0.6 is 0 Å². The molecular weight excluding hydrogens is 222 g/mol. The van der Waals surface area contributed by atoms with Gasteiger partial charge in [-0.3, -0.25) is 0 Å². The zero-order valence-corrected chi connectivity index (χ0v) is 11.8. The van der Waals surface area contributed by atoms with Gasteiger partial charge in [-0.25, -0.2) is 8.42 Å². The van der Waals surface area contributed by atoms with Crippen molar-refractivity contribution in [1.82, 2.24) is 5.32 Å². The zero-order valence-electron chi connectivity index (χ0n) is 11.0. The van der Waals surface area contributed by atoms with Gasteiger partial charge in [-0.15, -0.1) is 0 Å². The Balaban J connectivity index is 3.89. The third-order valence-electron chi connectivity index (χ3n) is 2.68. The highest BCUT2D eigenvalue weighted by Crippen LogP contribution is 2.08. The number of hydrogen-bond acceptors (Lipinski definition) is 3. The molecule has 0 amide bonds. The number of rotatable bonds is 10. The van der Waals surface area contributed by atoms with Crippen LogP contribution in [0.3, 0.4) is 0 Å². The highest BCUT2D eigenvalue weighted by atomic mass is 32.2. The Labute approximate surface area is 101 Å². The van der Waals surface area contributed by atoms with Gasteiger partial charge in [0.25, 0.3) is 0 Å². The normalized spacial score (nSPS) is 13.9. The monoisotopic (exact) mass is 249 g/mol. The maximum Gasteiger partial charge on any atom is 0.147 e. The molecule has 0 aliphatic carbocycles. The van der Waals surface area contributed by atoms with Crippen LogP contribution in [0.25, 0.3) is 0 Å². The maximum absolute atomic E-state index is 11.1. The van der Waals surface area contributed by atoms with E-state index in [1.807, 2.05) is 0 Å². The molecule has 0 aliphatic rings. The van der Waals surface area contributed by atoms with Gasteiger partial charge in [0, 0.05) is 12.3 Å². The minimum Gasteiger partial charge on any atom is -0.314 e. The van der Waals surface area contributed by atoms with E-state index in [2.05, 4.69) is 19.2 Å². The van der Waals surface area contributed by atoms with E-state index in [0.29, 0.717) is 11.8 Å². The van der Waals surface area contributed by atoms with Crippen LogP contribution in [-0.4, -0.2) is 33.0 Å². The Morgan fingerprint density at radius 1 is 1.06 bits per heavy atom. The molecule has 4 heteroatoms. The summed E-state index contributed by atoms with van der Waals surface area (Å²) in [5.74, 6) is 0.306. The molecule has 0 radical (unpaired) electrons. The smallest absolute Gasteiger partial charge is 0.147 e. The predicted octanol–water partition coefficient (Wildman–Crippen LogP) is 2.37. The van der Waals surface area contributed by atoms with E-state index in [1.165, 1.54) is 25.5 Å². The van der Waals surface area contributed by atoms with E-state index in [1.54, 1.807) is 0 Å². The summed E-state index contributed by atoms with van der Waals surface area (Å²) >= 11 is 0. The van der Waals surface area contributed by atoms with E-state index < -0.39 is 9.84 Å². The number of unbranched alkanes of at least 4 members (excludes halogenated alkanes) is 2. The summed E-state index contributed by atoms with van der Waals surface area (Å²) in [7, 11) is -2.81. The summed E-state index contributed by atoms with van der Waals surface area (Å²) in [6, 6.07) is 0.376. The SMILES string of the molecule is CCCCCC(CCS(C)(=O)=O)NCCC. The van der Waals surface area contributed by atoms with Crippen molar-refractivity contribution >= 4 is 9.84 Å². The Bertz CT molecular complexity index is 250. The number of sulfone groups is 1. The molecule has 0 saturated heterocycles. The summed E-state index contributed by atoms with van der Waals surface area (Å²) in [6.45, 7) is 5.30. The zero-order chi connectivity index (χ0) is 12.4. The van der Waals surface area contributed by atoms with Crippen LogP contribution < -0.4 is 5.32 Å². The van der Waals surface area contributed by atoms with E-state index in [-0.39, 0.29) is 0 Å². The van der Waals surface area contributed by atoms with E-state index >= 15 is 0 Å². The van der Waals surface area contributed by atoms with Gasteiger partial charge in [0.05, 0.1) is 5.75 Å². The lowest BCUT2D eigenvalue weighted by molar-refractivity contribution is 0.447. The molecule has 0 aliphatic heterocycles. The van der Waals surface area contributed by atoms with Crippen molar-refractivity contribution in [3.63, 3.8) is 0 Å². The summed E-state index contributed by atoms with van der Waals surface area (Å²) in [5.41, 5.74) is 0. The summed E-state index contributed by atoms with van der Waals surface area (Å²) in [6.07, 6.45) is 7.92. The minimum absolute atomic E-state index is 0.306.